The molecule has 0 radical (unpaired) electrons. The molecule has 0 spiro atoms. The Bertz CT molecular complexity index is 834. The fourth-order valence-electron chi connectivity index (χ4n) is 2.80. The number of hydrogen-bond acceptors (Lipinski definition) is 4. The number of amides is 2. The van der Waals surface area contributed by atoms with Crippen molar-refractivity contribution < 1.29 is 14.7 Å². The third-order valence-electron chi connectivity index (χ3n) is 3.94. The lowest BCUT2D eigenvalue weighted by Gasteiger charge is -2.24. The van der Waals surface area contributed by atoms with Gasteiger partial charge in [-0.2, -0.15) is 0 Å². The molecule has 24 heavy (non-hydrogen) atoms. The monoisotopic (exact) mass is 320 g/mol. The summed E-state index contributed by atoms with van der Waals surface area (Å²) < 4.78 is 0. The van der Waals surface area contributed by atoms with E-state index in [4.69, 9.17) is 5.39 Å². The van der Waals surface area contributed by atoms with Gasteiger partial charge in [0.25, 0.3) is 11.8 Å². The van der Waals surface area contributed by atoms with Gasteiger partial charge in [0.15, 0.2) is 4.98 Å². The molecule has 1 atom stereocenters. The lowest BCUT2D eigenvalue weighted by Crippen LogP contribution is -2.42. The Hall–Kier alpha value is -3.46. The second-order valence-corrected chi connectivity index (χ2v) is 5.40. The number of aliphatic hydroxyl groups is 1. The average Bonchev–Trinajstić information content (AvgIpc) is 2.86. The van der Waals surface area contributed by atoms with Crippen LogP contribution in [0.2, 0.25) is 0 Å². The average molecular weight is 320 g/mol. The Kier molecular flexibility index (Phi) is 4.08. The van der Waals surface area contributed by atoms with Crippen LogP contribution >= 0.6 is 0 Å². The molecule has 1 aliphatic rings. The fraction of sp³-hybridized carbons (Fsp3) is 0.111. The van der Waals surface area contributed by atoms with Gasteiger partial charge in [-0.3, -0.25) is 14.5 Å². The van der Waals surface area contributed by atoms with E-state index < -0.39 is 17.9 Å². The Morgan fingerprint density at radius 3 is 2.12 bits per heavy atom. The first kappa shape index (κ1) is 15.4. The molecular formula is C18H14N3O3+. The van der Waals surface area contributed by atoms with Gasteiger partial charge in [0, 0.05) is 6.42 Å². The molecule has 0 aromatic heterocycles. The molecule has 6 heteroatoms. The first-order valence-corrected chi connectivity index (χ1v) is 7.37. The Morgan fingerprint density at radius 1 is 1.04 bits per heavy atom. The van der Waals surface area contributed by atoms with Crippen molar-refractivity contribution in [3.8, 4) is 0 Å². The van der Waals surface area contributed by atoms with Crippen LogP contribution in [0.5, 0.6) is 0 Å². The van der Waals surface area contributed by atoms with Gasteiger partial charge in [0.1, 0.15) is 6.04 Å². The topological polar surface area (TPSA) is 85.8 Å². The molecule has 3 rings (SSSR count). The van der Waals surface area contributed by atoms with E-state index in [2.05, 4.69) is 4.98 Å². The molecule has 118 valence electrons. The van der Waals surface area contributed by atoms with Crippen molar-refractivity contribution in [3.63, 3.8) is 0 Å². The van der Waals surface area contributed by atoms with E-state index in [1.165, 1.54) is 0 Å². The van der Waals surface area contributed by atoms with Gasteiger partial charge in [0.2, 0.25) is 11.2 Å². The van der Waals surface area contributed by atoms with Crippen LogP contribution < -0.4 is 0 Å². The van der Waals surface area contributed by atoms with E-state index in [0.29, 0.717) is 11.1 Å². The van der Waals surface area contributed by atoms with Crippen molar-refractivity contribution >= 4 is 11.8 Å². The zero-order valence-corrected chi connectivity index (χ0v) is 12.7. The third kappa shape index (κ3) is 2.63. The van der Waals surface area contributed by atoms with Crippen molar-refractivity contribution in [3.05, 3.63) is 88.2 Å². The van der Waals surface area contributed by atoms with Crippen LogP contribution in [0.15, 0.2) is 66.6 Å². The first-order chi connectivity index (χ1) is 11.6. The largest absolute Gasteiger partial charge is 0.504 e. The highest BCUT2D eigenvalue weighted by Crippen LogP contribution is 2.28. The fourth-order valence-corrected chi connectivity index (χ4v) is 2.80. The lowest BCUT2D eigenvalue weighted by atomic mass is 10.0. The van der Waals surface area contributed by atoms with Gasteiger partial charge in [-0.05, 0) is 17.7 Å². The molecule has 0 saturated carbocycles. The predicted molar refractivity (Wildman–Crippen MR) is 86.7 cm³/mol. The van der Waals surface area contributed by atoms with Gasteiger partial charge in [-0.1, -0.05) is 42.5 Å². The minimum absolute atomic E-state index is 0.212. The Morgan fingerprint density at radius 2 is 1.58 bits per heavy atom. The van der Waals surface area contributed by atoms with Gasteiger partial charge < -0.3 is 5.11 Å². The quantitative estimate of drug-likeness (QED) is 0.533. The highest BCUT2D eigenvalue weighted by molar-refractivity contribution is 6.21. The van der Waals surface area contributed by atoms with Crippen molar-refractivity contribution in [2.24, 2.45) is 0 Å². The Balaban J connectivity index is 2.01. The maximum Gasteiger partial charge on any atom is 0.389 e. The summed E-state index contributed by atoms with van der Waals surface area (Å²) in [7, 11) is 0. The van der Waals surface area contributed by atoms with Crippen LogP contribution in [-0.2, 0) is 6.42 Å². The van der Waals surface area contributed by atoms with E-state index in [9.17, 15) is 14.7 Å². The zero-order valence-electron chi connectivity index (χ0n) is 12.7. The number of diazo groups is 1. The molecule has 0 aliphatic carbocycles. The van der Waals surface area contributed by atoms with E-state index >= 15 is 0 Å². The molecule has 0 bridgehead atoms. The number of nitrogens with zero attached hydrogens (tertiary/aromatic N) is 3. The summed E-state index contributed by atoms with van der Waals surface area (Å²) in [5.74, 6) is -1.32. The Labute approximate surface area is 138 Å². The number of aliphatic hydroxyl groups excluding tert-OH is 1. The standard InChI is InChI=1S/C18H13N3O3/c19-20-11-16(22)15(10-12-6-2-1-3-7-12)21-17(23)13-8-4-5-9-14(13)18(21)24/h1-9,11,15H,10H2/p+1/b16-11-. The molecular weight excluding hydrogens is 306 g/mol. The second-order valence-electron chi connectivity index (χ2n) is 5.40. The highest BCUT2D eigenvalue weighted by atomic mass is 16.3. The van der Waals surface area contributed by atoms with Gasteiger partial charge >= 0.3 is 6.20 Å². The smallest absolute Gasteiger partial charge is 0.389 e. The third-order valence-corrected chi connectivity index (χ3v) is 3.94. The van der Waals surface area contributed by atoms with Crippen LogP contribution in [0.3, 0.4) is 0 Å². The molecule has 1 N–H and O–H groups in total. The van der Waals surface area contributed by atoms with E-state index in [1.54, 1.807) is 24.3 Å². The van der Waals surface area contributed by atoms with Crippen LogP contribution in [0, 0.1) is 5.39 Å². The van der Waals surface area contributed by atoms with Crippen molar-refractivity contribution in [1.82, 2.24) is 4.90 Å². The summed E-state index contributed by atoms with van der Waals surface area (Å²) in [6.45, 7) is 0. The summed E-state index contributed by atoms with van der Waals surface area (Å²) in [4.78, 5) is 29.1. The minimum atomic E-state index is -0.948. The minimum Gasteiger partial charge on any atom is -0.504 e. The van der Waals surface area contributed by atoms with Crippen molar-refractivity contribution in [2.45, 2.75) is 12.5 Å². The number of fused-ring (bicyclic) bond motifs is 1. The van der Waals surface area contributed by atoms with Crippen LogP contribution in [0.1, 0.15) is 26.3 Å². The highest BCUT2D eigenvalue weighted by Gasteiger charge is 2.42. The molecule has 1 aliphatic heterocycles. The summed E-state index contributed by atoms with van der Waals surface area (Å²) in [5, 5.41) is 18.9. The van der Waals surface area contributed by atoms with Crippen LogP contribution in [-0.4, -0.2) is 27.9 Å². The molecule has 1 unspecified atom stereocenters. The van der Waals surface area contributed by atoms with Crippen LogP contribution in [0.4, 0.5) is 0 Å². The summed E-state index contributed by atoms with van der Waals surface area (Å²) in [5.41, 5.74) is 1.43. The number of hydrogen-bond donors (Lipinski definition) is 1. The normalized spacial score (nSPS) is 15.1. The van der Waals surface area contributed by atoms with Crippen LogP contribution in [0.25, 0.3) is 4.98 Å². The maximum atomic E-state index is 12.6. The van der Waals surface area contributed by atoms with Gasteiger partial charge in [0.05, 0.1) is 11.1 Å². The zero-order chi connectivity index (χ0) is 17.1. The molecule has 1 heterocycles. The number of carbonyl (C=O) groups is 2. The number of carbonyl (C=O) groups excluding carboxylic acids is 2. The molecule has 0 saturated heterocycles. The molecule has 2 amide bonds. The first-order valence-electron chi connectivity index (χ1n) is 7.37. The molecule has 2 aromatic rings. The van der Waals surface area contributed by atoms with E-state index in [-0.39, 0.29) is 12.2 Å². The summed E-state index contributed by atoms with van der Waals surface area (Å²) in [6, 6.07) is 14.7. The van der Waals surface area contributed by atoms with Gasteiger partial charge in [-0.25, -0.2) is 0 Å². The number of benzene rings is 2. The van der Waals surface area contributed by atoms with E-state index in [1.807, 2.05) is 30.3 Å². The number of imide groups is 1. The van der Waals surface area contributed by atoms with E-state index in [0.717, 1.165) is 16.7 Å². The maximum absolute atomic E-state index is 12.6. The summed E-state index contributed by atoms with van der Waals surface area (Å²) in [6.07, 6.45) is 1.04. The SMILES string of the molecule is N#[N+]/C=C(\O)C(Cc1ccccc1)N1C(=O)c2ccccc2C1=O. The predicted octanol–water partition coefficient (Wildman–Crippen LogP) is 3.15. The lowest BCUT2D eigenvalue weighted by molar-refractivity contribution is 0.0575. The molecule has 0 fully saturated rings. The van der Waals surface area contributed by atoms with Gasteiger partial charge in [-0.15, -0.1) is 0 Å². The molecule has 2 aromatic carbocycles. The van der Waals surface area contributed by atoms with Crippen molar-refractivity contribution in [2.75, 3.05) is 0 Å². The summed E-state index contributed by atoms with van der Waals surface area (Å²) >= 11 is 0. The second kappa shape index (κ2) is 6.34. The molecule has 6 nitrogen and oxygen atoms in total. The number of rotatable bonds is 4. The van der Waals surface area contributed by atoms with Crippen molar-refractivity contribution in [1.29, 1.82) is 5.39 Å².